The number of benzene rings is 1. The maximum absolute atomic E-state index is 12.2. The molecular formula is C18H22N4O3. The first-order valence-electron chi connectivity index (χ1n) is 8.39. The van der Waals surface area contributed by atoms with Gasteiger partial charge in [0.15, 0.2) is 5.82 Å². The number of aromatic nitrogens is 1. The van der Waals surface area contributed by atoms with Crippen molar-refractivity contribution < 1.29 is 14.1 Å². The molecule has 2 heterocycles. The quantitative estimate of drug-likeness (QED) is 0.842. The summed E-state index contributed by atoms with van der Waals surface area (Å²) in [6, 6.07) is 9.00. The Morgan fingerprint density at radius 2 is 2.24 bits per heavy atom. The van der Waals surface area contributed by atoms with Crippen molar-refractivity contribution in [1.29, 1.82) is 0 Å². The third-order valence-corrected chi connectivity index (χ3v) is 4.13. The second-order valence-corrected chi connectivity index (χ2v) is 6.30. The van der Waals surface area contributed by atoms with Crippen LogP contribution < -0.4 is 10.6 Å². The molecule has 0 aliphatic carbocycles. The van der Waals surface area contributed by atoms with E-state index >= 15 is 0 Å². The summed E-state index contributed by atoms with van der Waals surface area (Å²) >= 11 is 0. The molecule has 7 heteroatoms. The van der Waals surface area contributed by atoms with Crippen LogP contribution in [0, 0.1) is 6.92 Å². The molecule has 0 unspecified atom stereocenters. The summed E-state index contributed by atoms with van der Waals surface area (Å²) in [6.07, 6.45) is 1.56. The second kappa shape index (κ2) is 7.38. The minimum Gasteiger partial charge on any atom is -0.374 e. The lowest BCUT2D eigenvalue weighted by Crippen LogP contribution is -2.32. The van der Waals surface area contributed by atoms with E-state index in [1.165, 1.54) is 0 Å². The zero-order valence-corrected chi connectivity index (χ0v) is 14.4. The zero-order chi connectivity index (χ0) is 17.8. The molecular weight excluding hydrogens is 320 g/mol. The molecule has 0 radical (unpaired) electrons. The van der Waals surface area contributed by atoms with Crippen LogP contribution in [0.1, 0.15) is 31.1 Å². The molecule has 1 aromatic carbocycles. The topological polar surface area (TPSA) is 87.5 Å². The molecule has 25 heavy (non-hydrogen) atoms. The molecule has 1 saturated heterocycles. The molecule has 7 nitrogen and oxygen atoms in total. The molecule has 0 spiro atoms. The monoisotopic (exact) mass is 342 g/mol. The first-order valence-corrected chi connectivity index (χ1v) is 8.39. The number of rotatable bonds is 6. The number of anilines is 2. The van der Waals surface area contributed by atoms with Crippen molar-refractivity contribution in [2.75, 3.05) is 17.2 Å². The van der Waals surface area contributed by atoms with Crippen molar-refractivity contribution in [2.45, 2.75) is 39.3 Å². The second-order valence-electron chi connectivity index (χ2n) is 6.30. The molecule has 3 rings (SSSR count). The summed E-state index contributed by atoms with van der Waals surface area (Å²) in [5.41, 5.74) is 1.88. The van der Waals surface area contributed by atoms with E-state index in [0.29, 0.717) is 24.5 Å². The first-order chi connectivity index (χ1) is 12.0. The van der Waals surface area contributed by atoms with Crippen LogP contribution >= 0.6 is 0 Å². The Kier molecular flexibility index (Phi) is 5.02. The first kappa shape index (κ1) is 17.0. The molecule has 1 aliphatic heterocycles. The lowest BCUT2D eigenvalue weighted by molar-refractivity contribution is -0.128. The minimum atomic E-state index is -0.444. The van der Waals surface area contributed by atoms with Crippen molar-refractivity contribution in [3.8, 4) is 0 Å². The van der Waals surface area contributed by atoms with Crippen molar-refractivity contribution in [3.05, 3.63) is 41.7 Å². The highest BCUT2D eigenvalue weighted by Crippen LogP contribution is 2.18. The SMILES string of the molecule is Cc1cc(NC(=O)[C@@H](C)Nc2cccc(CN3CCCC3=O)c2)no1. The molecule has 2 amide bonds. The van der Waals surface area contributed by atoms with E-state index in [9.17, 15) is 9.59 Å². The van der Waals surface area contributed by atoms with Crippen molar-refractivity contribution in [2.24, 2.45) is 0 Å². The highest BCUT2D eigenvalue weighted by molar-refractivity contribution is 5.95. The predicted octanol–water partition coefficient (Wildman–Crippen LogP) is 2.54. The smallest absolute Gasteiger partial charge is 0.247 e. The van der Waals surface area contributed by atoms with Gasteiger partial charge in [-0.05, 0) is 38.0 Å². The number of likely N-dealkylation sites (tertiary alicyclic amines) is 1. The zero-order valence-electron chi connectivity index (χ0n) is 14.4. The van der Waals surface area contributed by atoms with Crippen molar-refractivity contribution in [1.82, 2.24) is 10.1 Å². The molecule has 0 saturated carbocycles. The van der Waals surface area contributed by atoms with Crippen LogP contribution in [0.15, 0.2) is 34.9 Å². The molecule has 0 bridgehead atoms. The Balaban J connectivity index is 1.59. The highest BCUT2D eigenvalue weighted by atomic mass is 16.5. The van der Waals surface area contributed by atoms with Gasteiger partial charge in [-0.3, -0.25) is 9.59 Å². The van der Waals surface area contributed by atoms with Gasteiger partial charge in [0.05, 0.1) is 0 Å². The number of carbonyl (C=O) groups excluding carboxylic acids is 2. The molecule has 1 atom stereocenters. The maximum Gasteiger partial charge on any atom is 0.247 e. The highest BCUT2D eigenvalue weighted by Gasteiger charge is 2.20. The Morgan fingerprint density at radius 3 is 2.92 bits per heavy atom. The van der Waals surface area contributed by atoms with Crippen molar-refractivity contribution >= 4 is 23.3 Å². The molecule has 2 N–H and O–H groups in total. The summed E-state index contributed by atoms with van der Waals surface area (Å²) in [4.78, 5) is 25.8. The number of amides is 2. The van der Waals surface area contributed by atoms with E-state index in [1.807, 2.05) is 29.2 Å². The number of hydrogen-bond acceptors (Lipinski definition) is 5. The lowest BCUT2D eigenvalue weighted by Gasteiger charge is -2.18. The van der Waals surface area contributed by atoms with Gasteiger partial charge in [0, 0.05) is 31.3 Å². The van der Waals surface area contributed by atoms with E-state index < -0.39 is 6.04 Å². The third-order valence-electron chi connectivity index (χ3n) is 4.13. The number of hydrogen-bond donors (Lipinski definition) is 2. The van der Waals surface area contributed by atoms with Gasteiger partial charge in [-0.25, -0.2) is 0 Å². The average Bonchev–Trinajstić information content (AvgIpc) is 3.16. The fourth-order valence-electron chi connectivity index (χ4n) is 2.83. The fraction of sp³-hybridized carbons (Fsp3) is 0.389. The number of carbonyl (C=O) groups is 2. The Hall–Kier alpha value is -2.83. The Labute approximate surface area is 146 Å². The summed E-state index contributed by atoms with van der Waals surface area (Å²) in [5, 5.41) is 9.63. The summed E-state index contributed by atoms with van der Waals surface area (Å²) < 4.78 is 4.93. The van der Waals surface area contributed by atoms with E-state index in [1.54, 1.807) is 19.9 Å². The van der Waals surface area contributed by atoms with Gasteiger partial charge in [0.25, 0.3) is 0 Å². The lowest BCUT2D eigenvalue weighted by atomic mass is 10.1. The largest absolute Gasteiger partial charge is 0.374 e. The maximum atomic E-state index is 12.2. The van der Waals surface area contributed by atoms with Crippen LogP contribution in [0.2, 0.25) is 0 Å². The summed E-state index contributed by atoms with van der Waals surface area (Å²) in [6.45, 7) is 4.96. The van der Waals surface area contributed by atoms with E-state index in [4.69, 9.17) is 4.52 Å². The van der Waals surface area contributed by atoms with Gasteiger partial charge in [0.1, 0.15) is 11.8 Å². The molecule has 1 aliphatic rings. The van der Waals surface area contributed by atoms with E-state index in [2.05, 4.69) is 15.8 Å². The summed E-state index contributed by atoms with van der Waals surface area (Å²) in [7, 11) is 0. The van der Waals surface area contributed by atoms with Crippen LogP contribution in [0.4, 0.5) is 11.5 Å². The van der Waals surface area contributed by atoms with Gasteiger partial charge in [-0.1, -0.05) is 17.3 Å². The average molecular weight is 342 g/mol. The number of aryl methyl sites for hydroxylation is 1. The van der Waals surface area contributed by atoms with Crippen molar-refractivity contribution in [3.63, 3.8) is 0 Å². The Bertz CT molecular complexity index is 771. The molecule has 132 valence electrons. The number of nitrogens with zero attached hydrogens (tertiary/aromatic N) is 2. The molecule has 1 fully saturated rings. The third kappa shape index (κ3) is 4.37. The van der Waals surface area contributed by atoms with Gasteiger partial charge in [-0.2, -0.15) is 0 Å². The van der Waals surface area contributed by atoms with Crippen LogP contribution in [-0.2, 0) is 16.1 Å². The standard InChI is InChI=1S/C18H22N4O3/c1-12-9-16(21-25-12)20-18(24)13(2)19-15-6-3-5-14(10-15)11-22-8-4-7-17(22)23/h3,5-6,9-10,13,19H,4,7-8,11H2,1-2H3,(H,20,21,24)/t13-/m1/s1. The van der Waals surface area contributed by atoms with E-state index in [-0.39, 0.29) is 11.8 Å². The Morgan fingerprint density at radius 1 is 1.40 bits per heavy atom. The van der Waals surface area contributed by atoms with Gasteiger partial charge >= 0.3 is 0 Å². The van der Waals surface area contributed by atoms with Gasteiger partial charge in [-0.15, -0.1) is 0 Å². The normalized spacial score (nSPS) is 15.3. The minimum absolute atomic E-state index is 0.201. The fourth-order valence-corrected chi connectivity index (χ4v) is 2.83. The van der Waals surface area contributed by atoms with Crippen LogP contribution in [0.3, 0.4) is 0 Å². The predicted molar refractivity (Wildman–Crippen MR) is 94.0 cm³/mol. The van der Waals surface area contributed by atoms with E-state index in [0.717, 1.165) is 24.2 Å². The van der Waals surface area contributed by atoms with Gasteiger partial charge in [0.2, 0.25) is 11.8 Å². The van der Waals surface area contributed by atoms with Crippen LogP contribution in [0.25, 0.3) is 0 Å². The molecule has 1 aromatic heterocycles. The summed E-state index contributed by atoms with van der Waals surface area (Å²) in [5.74, 6) is 1.04. The number of nitrogens with one attached hydrogen (secondary N) is 2. The van der Waals surface area contributed by atoms with Crippen LogP contribution in [-0.4, -0.2) is 34.5 Å². The molecule has 2 aromatic rings. The van der Waals surface area contributed by atoms with Crippen LogP contribution in [0.5, 0.6) is 0 Å². The van der Waals surface area contributed by atoms with Gasteiger partial charge < -0.3 is 20.1 Å².